The van der Waals surface area contributed by atoms with Gasteiger partial charge in [-0.15, -0.1) is 11.3 Å². The van der Waals surface area contributed by atoms with Gasteiger partial charge in [-0.25, -0.2) is 13.4 Å². The lowest BCUT2D eigenvalue weighted by Gasteiger charge is -1.99. The average Bonchev–Trinajstić information content (AvgIpc) is 2.69. The van der Waals surface area contributed by atoms with Gasteiger partial charge in [-0.2, -0.15) is 0 Å². The Labute approximate surface area is 92.3 Å². The number of aromatic nitrogens is 1. The van der Waals surface area contributed by atoms with Crippen LogP contribution in [0.15, 0.2) is 40.1 Å². The molecule has 2 rings (SSSR count). The molecular formula is C10H9NO2S2. The van der Waals surface area contributed by atoms with Gasteiger partial charge in [-0.3, -0.25) is 0 Å². The molecule has 0 aliphatic carbocycles. The van der Waals surface area contributed by atoms with Crippen molar-refractivity contribution in [1.29, 1.82) is 0 Å². The third-order valence-corrected chi connectivity index (χ3v) is 3.73. The molecule has 0 spiro atoms. The molecule has 0 atom stereocenters. The van der Waals surface area contributed by atoms with E-state index in [1.165, 1.54) is 17.6 Å². The average molecular weight is 239 g/mol. The van der Waals surface area contributed by atoms with E-state index in [9.17, 15) is 8.42 Å². The summed E-state index contributed by atoms with van der Waals surface area (Å²) in [5.41, 5.74) is 3.56. The number of thiazole rings is 1. The van der Waals surface area contributed by atoms with E-state index in [1.807, 2.05) is 5.38 Å². The number of hydrogen-bond donors (Lipinski definition) is 0. The maximum atomic E-state index is 11.2. The van der Waals surface area contributed by atoms with E-state index in [4.69, 9.17) is 0 Å². The Morgan fingerprint density at radius 1 is 1.20 bits per heavy atom. The monoisotopic (exact) mass is 239 g/mol. The number of rotatable bonds is 2. The van der Waals surface area contributed by atoms with Crippen molar-refractivity contribution < 1.29 is 8.42 Å². The maximum Gasteiger partial charge on any atom is 0.175 e. The van der Waals surface area contributed by atoms with Crippen LogP contribution in [-0.2, 0) is 9.84 Å². The molecule has 0 unspecified atom stereocenters. The first-order valence-corrected chi connectivity index (χ1v) is 7.09. The quantitative estimate of drug-likeness (QED) is 0.807. The van der Waals surface area contributed by atoms with Gasteiger partial charge < -0.3 is 0 Å². The van der Waals surface area contributed by atoms with E-state index >= 15 is 0 Å². The van der Waals surface area contributed by atoms with Gasteiger partial charge in [0.2, 0.25) is 0 Å². The summed E-state index contributed by atoms with van der Waals surface area (Å²) in [5.74, 6) is 0. The second-order valence-corrected chi connectivity index (χ2v) is 5.90. The molecule has 0 aliphatic heterocycles. The van der Waals surface area contributed by atoms with Crippen LogP contribution in [0, 0.1) is 0 Å². The third-order valence-electron chi connectivity index (χ3n) is 2.01. The van der Waals surface area contributed by atoms with Gasteiger partial charge in [0.05, 0.1) is 16.1 Å². The summed E-state index contributed by atoms with van der Waals surface area (Å²) in [6.07, 6.45) is 1.20. The Bertz CT molecular complexity index is 542. The summed E-state index contributed by atoms with van der Waals surface area (Å²) in [5, 5.41) is 1.93. The fourth-order valence-electron chi connectivity index (χ4n) is 1.23. The van der Waals surface area contributed by atoms with E-state index in [0.29, 0.717) is 4.90 Å². The summed E-state index contributed by atoms with van der Waals surface area (Å²) < 4.78 is 22.4. The summed E-state index contributed by atoms with van der Waals surface area (Å²) in [6, 6.07) is 6.74. The van der Waals surface area contributed by atoms with Gasteiger partial charge in [0.25, 0.3) is 0 Å². The smallest absolute Gasteiger partial charge is 0.175 e. The van der Waals surface area contributed by atoms with Crippen molar-refractivity contribution in [2.45, 2.75) is 4.90 Å². The largest absolute Gasteiger partial charge is 0.245 e. The Balaban J connectivity index is 2.42. The Kier molecular flexibility index (Phi) is 2.58. The lowest BCUT2D eigenvalue weighted by atomic mass is 10.2. The maximum absolute atomic E-state index is 11.2. The van der Waals surface area contributed by atoms with E-state index in [2.05, 4.69) is 4.98 Å². The van der Waals surface area contributed by atoms with E-state index in [1.54, 1.807) is 29.8 Å². The van der Waals surface area contributed by atoms with Crippen molar-refractivity contribution in [3.8, 4) is 11.3 Å². The third kappa shape index (κ3) is 2.24. The molecule has 0 saturated carbocycles. The van der Waals surface area contributed by atoms with Crippen molar-refractivity contribution in [1.82, 2.24) is 4.98 Å². The van der Waals surface area contributed by atoms with Gasteiger partial charge >= 0.3 is 0 Å². The standard InChI is InChI=1S/C10H9NO2S2/c1-15(12,13)9-4-2-8(3-5-9)10-6-14-7-11-10/h2-7H,1H3. The lowest BCUT2D eigenvalue weighted by molar-refractivity contribution is 0.602. The molecule has 0 saturated heterocycles. The Morgan fingerprint density at radius 2 is 1.87 bits per heavy atom. The zero-order valence-corrected chi connectivity index (χ0v) is 9.68. The molecule has 1 aromatic carbocycles. The SMILES string of the molecule is CS(=O)(=O)c1ccc(-c2cscn2)cc1. The molecular weight excluding hydrogens is 230 g/mol. The van der Waals surface area contributed by atoms with Gasteiger partial charge in [0.15, 0.2) is 9.84 Å². The number of sulfone groups is 1. The molecule has 1 aromatic heterocycles. The number of nitrogens with zero attached hydrogens (tertiary/aromatic N) is 1. The van der Waals surface area contributed by atoms with E-state index < -0.39 is 9.84 Å². The van der Waals surface area contributed by atoms with Crippen molar-refractivity contribution >= 4 is 21.2 Å². The minimum atomic E-state index is -3.11. The normalized spacial score (nSPS) is 11.5. The van der Waals surface area contributed by atoms with E-state index in [0.717, 1.165) is 11.3 Å². The fraction of sp³-hybridized carbons (Fsp3) is 0.100. The second-order valence-electron chi connectivity index (χ2n) is 3.17. The van der Waals surface area contributed by atoms with Gasteiger partial charge in [-0.1, -0.05) is 12.1 Å². The highest BCUT2D eigenvalue weighted by Gasteiger charge is 2.07. The van der Waals surface area contributed by atoms with Crippen molar-refractivity contribution in [2.24, 2.45) is 0 Å². The molecule has 0 aliphatic rings. The molecule has 78 valence electrons. The molecule has 5 heteroatoms. The minimum Gasteiger partial charge on any atom is -0.245 e. The first kappa shape index (κ1) is 10.3. The molecule has 3 nitrogen and oxygen atoms in total. The van der Waals surface area contributed by atoms with Crippen LogP contribution in [0.25, 0.3) is 11.3 Å². The van der Waals surface area contributed by atoms with Crippen LogP contribution in [0.4, 0.5) is 0 Å². The van der Waals surface area contributed by atoms with E-state index in [-0.39, 0.29) is 0 Å². The molecule has 0 fully saturated rings. The highest BCUT2D eigenvalue weighted by atomic mass is 32.2. The highest BCUT2D eigenvalue weighted by molar-refractivity contribution is 7.90. The molecule has 0 bridgehead atoms. The first-order valence-electron chi connectivity index (χ1n) is 4.26. The molecule has 2 aromatic rings. The summed E-state index contributed by atoms with van der Waals surface area (Å²) in [6.45, 7) is 0. The van der Waals surface area contributed by atoms with Crippen LogP contribution in [0.2, 0.25) is 0 Å². The van der Waals surface area contributed by atoms with Gasteiger partial charge in [0, 0.05) is 17.2 Å². The highest BCUT2D eigenvalue weighted by Crippen LogP contribution is 2.20. The fourth-order valence-corrected chi connectivity index (χ4v) is 2.42. The number of benzene rings is 1. The van der Waals surface area contributed by atoms with Crippen molar-refractivity contribution in [2.75, 3.05) is 6.26 Å². The van der Waals surface area contributed by atoms with Crippen LogP contribution in [0.1, 0.15) is 0 Å². The summed E-state index contributed by atoms with van der Waals surface area (Å²) >= 11 is 1.51. The molecule has 0 N–H and O–H groups in total. The zero-order chi connectivity index (χ0) is 10.9. The van der Waals surface area contributed by atoms with Crippen LogP contribution in [-0.4, -0.2) is 19.7 Å². The van der Waals surface area contributed by atoms with Crippen LogP contribution in [0.5, 0.6) is 0 Å². The van der Waals surface area contributed by atoms with Crippen molar-refractivity contribution in [3.05, 3.63) is 35.2 Å². The molecule has 0 radical (unpaired) electrons. The second kappa shape index (κ2) is 3.75. The van der Waals surface area contributed by atoms with Crippen molar-refractivity contribution in [3.63, 3.8) is 0 Å². The number of hydrogen-bond acceptors (Lipinski definition) is 4. The predicted octanol–water partition coefficient (Wildman–Crippen LogP) is 2.21. The topological polar surface area (TPSA) is 47.0 Å². The van der Waals surface area contributed by atoms with Gasteiger partial charge in [-0.05, 0) is 12.1 Å². The predicted molar refractivity (Wildman–Crippen MR) is 60.7 cm³/mol. The minimum absolute atomic E-state index is 0.335. The lowest BCUT2D eigenvalue weighted by Crippen LogP contribution is -1.96. The van der Waals surface area contributed by atoms with Gasteiger partial charge in [0.1, 0.15) is 0 Å². The molecule has 0 amide bonds. The first-order chi connectivity index (χ1) is 7.07. The Hall–Kier alpha value is -1.20. The Morgan fingerprint density at radius 3 is 2.33 bits per heavy atom. The van der Waals surface area contributed by atoms with Crippen LogP contribution < -0.4 is 0 Å². The van der Waals surface area contributed by atoms with Crippen LogP contribution in [0.3, 0.4) is 0 Å². The zero-order valence-electron chi connectivity index (χ0n) is 8.04. The molecule has 1 heterocycles. The summed E-state index contributed by atoms with van der Waals surface area (Å²) in [4.78, 5) is 4.48. The molecule has 15 heavy (non-hydrogen) atoms. The van der Waals surface area contributed by atoms with Crippen LogP contribution >= 0.6 is 11.3 Å². The summed E-state index contributed by atoms with van der Waals surface area (Å²) in [7, 11) is -3.11.